The van der Waals surface area contributed by atoms with Gasteiger partial charge in [0.15, 0.2) is 17.2 Å². The van der Waals surface area contributed by atoms with Gasteiger partial charge >= 0.3 is 0 Å². The standard InChI is InChI=1S/C15H13F2N3O.C14H20ClNO3S.C2H2O.C2H2/c16-13(17)14-18-11-9-5-1-2-6-10(9)21-12(11)15(19-14)20-7-3-4-8-20;1-9-7-20(18)13(2,3)8-14(9,19-4)11-5-10(15)6-16-12(11)17;1-2-3;1-2/h1-2,5-6,13H,3-4,7-8H2;5-6,9H,7-8H2,1-4H3,(H,16,17);1,3H;1-2H/t;9-,14+,20?;;/m.0../s1. The Labute approximate surface area is 274 Å². The first-order chi connectivity index (χ1) is 21.9. The number of benzene rings is 1. The number of aliphatic hydroxyl groups excluding tert-OH is 1. The first-order valence-electron chi connectivity index (χ1n) is 14.4. The molecule has 1 aromatic carbocycles. The molecule has 0 aliphatic carbocycles. The van der Waals surface area contributed by atoms with E-state index in [4.69, 9.17) is 25.9 Å². The molecule has 4 aromatic rings. The number of pyridine rings is 1. The van der Waals surface area contributed by atoms with Crippen molar-refractivity contribution in [1.29, 1.82) is 0 Å². The lowest BCUT2D eigenvalue weighted by Crippen LogP contribution is -2.53. The van der Waals surface area contributed by atoms with Crippen LogP contribution in [0.15, 0.2) is 45.7 Å². The third-order valence-electron chi connectivity index (χ3n) is 8.01. The normalized spacial score (nSPS) is 21.7. The quantitative estimate of drug-likeness (QED) is 0.234. The van der Waals surface area contributed by atoms with E-state index in [0.717, 1.165) is 31.3 Å². The van der Waals surface area contributed by atoms with Crippen molar-refractivity contribution in [1.82, 2.24) is 15.0 Å². The summed E-state index contributed by atoms with van der Waals surface area (Å²) in [5.41, 5.74) is 1.18. The molecule has 0 saturated carbocycles. The molecule has 0 spiro atoms. The molecule has 2 aliphatic heterocycles. The van der Waals surface area contributed by atoms with Gasteiger partial charge in [0.05, 0.1) is 10.6 Å². The van der Waals surface area contributed by atoms with E-state index in [9.17, 15) is 17.8 Å². The molecule has 3 atom stereocenters. The van der Waals surface area contributed by atoms with Crippen molar-refractivity contribution >= 4 is 50.3 Å². The molecule has 0 radical (unpaired) electrons. The van der Waals surface area contributed by atoms with E-state index < -0.39 is 33.4 Å². The molecule has 2 saturated heterocycles. The van der Waals surface area contributed by atoms with Crippen LogP contribution in [-0.2, 0) is 21.1 Å². The van der Waals surface area contributed by atoms with Crippen molar-refractivity contribution in [2.75, 3.05) is 30.9 Å². The zero-order valence-corrected chi connectivity index (χ0v) is 27.6. The van der Waals surface area contributed by atoms with E-state index in [2.05, 4.69) is 34.2 Å². The van der Waals surface area contributed by atoms with Crippen molar-refractivity contribution in [2.24, 2.45) is 5.92 Å². The Morgan fingerprint density at radius 2 is 1.87 bits per heavy atom. The number of aromatic amines is 1. The summed E-state index contributed by atoms with van der Waals surface area (Å²) in [7, 11) is 0.659. The molecular weight excluding hydrogens is 638 g/mol. The summed E-state index contributed by atoms with van der Waals surface area (Å²) in [5, 5.41) is 8.31. The fraction of sp³-hybridized carbons (Fsp3) is 0.424. The van der Waals surface area contributed by atoms with Crippen molar-refractivity contribution in [3.8, 4) is 25.4 Å². The van der Waals surface area contributed by atoms with Crippen LogP contribution in [-0.4, -0.2) is 55.0 Å². The Morgan fingerprint density at radius 3 is 2.48 bits per heavy atom. The number of nitrogens with zero attached hydrogens (tertiary/aromatic N) is 3. The number of halogens is 3. The summed E-state index contributed by atoms with van der Waals surface area (Å²) >= 11 is 6.02. The number of para-hydroxylation sites is 1. The number of alkyl halides is 2. The van der Waals surface area contributed by atoms with Crippen LogP contribution in [0.25, 0.3) is 22.1 Å². The van der Waals surface area contributed by atoms with E-state index in [-0.39, 0.29) is 11.5 Å². The van der Waals surface area contributed by atoms with Gasteiger partial charge in [0.1, 0.15) is 22.8 Å². The highest BCUT2D eigenvalue weighted by Gasteiger charge is 2.51. The Balaban J connectivity index is 0.000000220. The van der Waals surface area contributed by atoms with Gasteiger partial charge in [-0.2, -0.15) is 0 Å². The molecule has 2 aliphatic rings. The summed E-state index contributed by atoms with van der Waals surface area (Å²) in [4.78, 5) is 24.9. The molecular formula is C33H37ClF2N4O5S. The van der Waals surface area contributed by atoms with Crippen LogP contribution in [0, 0.1) is 31.3 Å². The number of terminal acetylenes is 2. The van der Waals surface area contributed by atoms with Crippen LogP contribution in [0.2, 0.25) is 5.02 Å². The van der Waals surface area contributed by atoms with E-state index >= 15 is 0 Å². The van der Waals surface area contributed by atoms with Gasteiger partial charge in [-0.3, -0.25) is 9.00 Å². The lowest BCUT2D eigenvalue weighted by atomic mass is 9.76. The minimum absolute atomic E-state index is 0.0269. The highest BCUT2D eigenvalue weighted by molar-refractivity contribution is 7.86. The van der Waals surface area contributed by atoms with Crippen LogP contribution < -0.4 is 10.5 Å². The highest BCUT2D eigenvalue weighted by Crippen LogP contribution is 2.46. The van der Waals surface area contributed by atoms with Gasteiger partial charge in [-0.15, -0.1) is 12.8 Å². The Bertz CT molecular complexity index is 1800. The zero-order valence-electron chi connectivity index (χ0n) is 26.1. The van der Waals surface area contributed by atoms with Crippen molar-refractivity contribution in [3.05, 3.63) is 63.3 Å². The Kier molecular flexibility index (Phi) is 12.3. The topological polar surface area (TPSA) is 122 Å². The van der Waals surface area contributed by atoms with Crippen molar-refractivity contribution in [3.63, 3.8) is 0 Å². The maximum Gasteiger partial charge on any atom is 0.297 e. The molecule has 5 heterocycles. The minimum Gasteiger partial charge on any atom is -0.462 e. The van der Waals surface area contributed by atoms with Crippen LogP contribution >= 0.6 is 11.6 Å². The lowest BCUT2D eigenvalue weighted by Gasteiger charge is -2.47. The fourth-order valence-corrected chi connectivity index (χ4v) is 7.54. The zero-order chi connectivity index (χ0) is 34.2. The summed E-state index contributed by atoms with van der Waals surface area (Å²) < 4.78 is 49.6. The van der Waals surface area contributed by atoms with E-state index in [1.54, 1.807) is 13.2 Å². The van der Waals surface area contributed by atoms with Gasteiger partial charge in [-0.05, 0) is 51.3 Å². The largest absolute Gasteiger partial charge is 0.462 e. The summed E-state index contributed by atoms with van der Waals surface area (Å²) in [6.45, 7) is 7.48. The molecule has 246 valence electrons. The van der Waals surface area contributed by atoms with Crippen LogP contribution in [0.3, 0.4) is 0 Å². The number of aromatic nitrogens is 3. The number of hydrogen-bond donors (Lipinski definition) is 2. The maximum absolute atomic E-state index is 13.1. The van der Waals surface area contributed by atoms with Gasteiger partial charge in [-0.1, -0.05) is 37.1 Å². The predicted octanol–water partition coefficient (Wildman–Crippen LogP) is 6.55. The summed E-state index contributed by atoms with van der Waals surface area (Å²) in [6, 6.07) is 8.99. The third-order valence-corrected chi connectivity index (χ3v) is 10.4. The number of aliphatic hydroxyl groups is 1. The number of fused-ring (bicyclic) bond motifs is 3. The van der Waals surface area contributed by atoms with Gasteiger partial charge in [0.25, 0.3) is 12.0 Å². The predicted molar refractivity (Wildman–Crippen MR) is 178 cm³/mol. The number of methoxy groups -OCH3 is 1. The monoisotopic (exact) mass is 674 g/mol. The van der Waals surface area contributed by atoms with Gasteiger partial charge in [0.2, 0.25) is 0 Å². The molecule has 2 N–H and O–H groups in total. The average molecular weight is 675 g/mol. The van der Waals surface area contributed by atoms with Gasteiger partial charge in [0, 0.05) is 59.0 Å². The molecule has 6 rings (SSSR count). The second-order valence-electron chi connectivity index (χ2n) is 11.3. The fourth-order valence-electron chi connectivity index (χ4n) is 5.82. The molecule has 0 amide bonds. The highest BCUT2D eigenvalue weighted by atomic mass is 35.5. The smallest absolute Gasteiger partial charge is 0.297 e. The minimum atomic E-state index is -2.69. The molecule has 0 bridgehead atoms. The number of anilines is 1. The molecule has 2 fully saturated rings. The first kappa shape index (κ1) is 36.5. The van der Waals surface area contributed by atoms with Crippen LogP contribution in [0.5, 0.6) is 0 Å². The van der Waals surface area contributed by atoms with E-state index in [1.807, 2.05) is 49.9 Å². The van der Waals surface area contributed by atoms with Crippen molar-refractivity contribution < 1.29 is 27.3 Å². The Hall–Kier alpha value is -3.97. The van der Waals surface area contributed by atoms with Crippen LogP contribution in [0.4, 0.5) is 14.6 Å². The van der Waals surface area contributed by atoms with Crippen molar-refractivity contribution in [2.45, 2.75) is 56.8 Å². The second kappa shape index (κ2) is 15.5. The Morgan fingerprint density at radius 1 is 1.24 bits per heavy atom. The molecule has 1 unspecified atom stereocenters. The molecule has 3 aromatic heterocycles. The molecule has 46 heavy (non-hydrogen) atoms. The first-order valence-corrected chi connectivity index (χ1v) is 16.1. The maximum atomic E-state index is 13.1. The van der Waals surface area contributed by atoms with Gasteiger partial charge < -0.3 is 24.1 Å². The molecule has 9 nitrogen and oxygen atoms in total. The summed E-state index contributed by atoms with van der Waals surface area (Å²) in [5.74, 6) is 0.535. The molecule has 13 heteroatoms. The number of furan rings is 1. The number of ether oxygens (including phenoxy) is 1. The van der Waals surface area contributed by atoms with Gasteiger partial charge in [-0.25, -0.2) is 18.7 Å². The number of H-pyrrole nitrogens is 1. The number of rotatable bonds is 4. The van der Waals surface area contributed by atoms with E-state index in [1.165, 1.54) is 12.3 Å². The summed E-state index contributed by atoms with van der Waals surface area (Å²) in [6.07, 6.45) is 14.8. The number of hydrogen-bond acceptors (Lipinski definition) is 8. The second-order valence-corrected chi connectivity index (χ2v) is 13.9. The average Bonchev–Trinajstić information content (AvgIpc) is 3.70. The SMILES string of the molecule is C#C.C#CO.CO[C@]1(c2cc(Cl)c[nH]c2=O)CC(C)(C)S(=O)C[C@@H]1C.FC(F)c1nc(N2CCCC2)c2oc3ccccc3c2n1. The lowest BCUT2D eigenvalue weighted by molar-refractivity contribution is -0.0703. The van der Waals surface area contributed by atoms with Crippen LogP contribution in [0.1, 0.15) is 57.8 Å². The number of nitrogens with one attached hydrogen (secondary N) is 1. The van der Waals surface area contributed by atoms with E-state index in [0.29, 0.717) is 45.3 Å². The third kappa shape index (κ3) is 7.52.